The molecule has 2 saturated heterocycles. The van der Waals surface area contributed by atoms with E-state index in [1.165, 1.54) is 0 Å². The average Bonchev–Trinajstić information content (AvgIpc) is 3.29. The molecule has 8 nitrogen and oxygen atoms in total. The fraction of sp³-hybridized carbons (Fsp3) is 0.457. The Labute approximate surface area is 264 Å². The van der Waals surface area contributed by atoms with E-state index in [1.54, 1.807) is 26.5 Å². The lowest BCUT2D eigenvalue weighted by Gasteiger charge is -2.37. The van der Waals surface area contributed by atoms with Crippen molar-refractivity contribution in [1.82, 2.24) is 4.90 Å². The summed E-state index contributed by atoms with van der Waals surface area (Å²) in [6, 6.07) is 16.9. The molecule has 0 aromatic heterocycles. The van der Waals surface area contributed by atoms with E-state index in [0.29, 0.717) is 32.5 Å². The Kier molecular flexibility index (Phi) is 8.37. The zero-order valence-corrected chi connectivity index (χ0v) is 26.6. The first-order chi connectivity index (χ1) is 21.3. The summed E-state index contributed by atoms with van der Waals surface area (Å²) < 4.78 is -1.57. The highest BCUT2D eigenvalue weighted by atomic mass is 32.2. The van der Waals surface area contributed by atoms with Crippen molar-refractivity contribution >= 4 is 46.5 Å². The van der Waals surface area contributed by atoms with Crippen molar-refractivity contribution in [3.05, 3.63) is 78.9 Å². The van der Waals surface area contributed by atoms with Gasteiger partial charge in [-0.1, -0.05) is 42.5 Å². The number of hydrogen-bond acceptors (Lipinski definition) is 6. The number of hydrogen-bond donors (Lipinski definition) is 1. The zero-order valence-electron chi connectivity index (χ0n) is 25.8. The van der Waals surface area contributed by atoms with Gasteiger partial charge in [0.15, 0.2) is 0 Å². The van der Waals surface area contributed by atoms with Crippen LogP contribution in [0, 0.1) is 11.8 Å². The fourth-order valence-electron chi connectivity index (χ4n) is 7.66. The second-order valence-electron chi connectivity index (χ2n) is 12.2. The molecule has 4 aliphatic rings. The third-order valence-electron chi connectivity index (χ3n) is 9.72. The molecule has 0 radical (unpaired) electrons. The summed E-state index contributed by atoms with van der Waals surface area (Å²) in [7, 11) is 0. The van der Waals surface area contributed by atoms with Gasteiger partial charge in [-0.15, -0.1) is 11.8 Å². The molecule has 5 atom stereocenters. The number of para-hydroxylation sites is 1. The lowest BCUT2D eigenvalue weighted by atomic mass is 9.74. The lowest BCUT2D eigenvalue weighted by molar-refractivity contribution is -0.139. The normalized spacial score (nSPS) is 29.4. The van der Waals surface area contributed by atoms with Gasteiger partial charge in [-0.05, 0) is 70.0 Å². The summed E-state index contributed by atoms with van der Waals surface area (Å²) >= 11 is 1.60. The van der Waals surface area contributed by atoms with Gasteiger partial charge in [0.2, 0.25) is 11.8 Å². The molecule has 0 saturated carbocycles. The molecule has 1 N–H and O–H groups in total. The van der Waals surface area contributed by atoms with Crippen molar-refractivity contribution in [1.29, 1.82) is 0 Å². The molecule has 2 aromatic carbocycles. The molecule has 1 unspecified atom stereocenters. The van der Waals surface area contributed by atoms with Gasteiger partial charge in [0.05, 0.1) is 16.6 Å². The number of anilines is 3. The van der Waals surface area contributed by atoms with Crippen LogP contribution < -0.4 is 14.7 Å². The van der Waals surface area contributed by atoms with Crippen molar-refractivity contribution < 1.29 is 19.5 Å². The maximum absolute atomic E-state index is 14.7. The van der Waals surface area contributed by atoms with E-state index >= 15 is 0 Å². The first kappa shape index (κ1) is 30.5. The molecular formula is C35H42N4O4S. The van der Waals surface area contributed by atoms with Crippen LogP contribution in [-0.2, 0) is 14.4 Å². The van der Waals surface area contributed by atoms with Gasteiger partial charge in [0.1, 0.15) is 6.04 Å². The third-order valence-corrected chi connectivity index (χ3v) is 11.5. The number of rotatable bonds is 9. The van der Waals surface area contributed by atoms with E-state index in [2.05, 4.69) is 30.9 Å². The number of nitrogens with zero attached hydrogens (tertiary/aromatic N) is 4. The van der Waals surface area contributed by atoms with Gasteiger partial charge in [-0.3, -0.25) is 14.4 Å². The average molecular weight is 615 g/mol. The highest BCUT2D eigenvalue weighted by molar-refractivity contribution is 8.02. The van der Waals surface area contributed by atoms with E-state index in [9.17, 15) is 19.5 Å². The van der Waals surface area contributed by atoms with Crippen LogP contribution in [0.2, 0.25) is 0 Å². The molecule has 2 fully saturated rings. The van der Waals surface area contributed by atoms with E-state index in [0.717, 1.165) is 30.2 Å². The van der Waals surface area contributed by atoms with Gasteiger partial charge in [0, 0.05) is 61.1 Å². The Bertz CT molecular complexity index is 1460. The van der Waals surface area contributed by atoms with Crippen LogP contribution in [0.25, 0.3) is 0 Å². The number of amides is 3. The van der Waals surface area contributed by atoms with Crippen molar-refractivity contribution in [3.63, 3.8) is 0 Å². The molecule has 232 valence electrons. The molecule has 4 heterocycles. The number of aliphatic hydroxyl groups is 1. The number of fused-ring (bicyclic) bond motifs is 2. The second-order valence-corrected chi connectivity index (χ2v) is 14.0. The molecule has 3 amide bonds. The zero-order chi connectivity index (χ0) is 31.1. The summed E-state index contributed by atoms with van der Waals surface area (Å²) in [6.07, 6.45) is 9.30. The molecule has 6 rings (SSSR count). The minimum atomic E-state index is -0.900. The standard InChI is InChI=1S/C35H42N4O4S/c1-4-36(5-2)25-15-17-27(18-16-25)38-23-12-20-35-29(32(42)39(21-9-10-24-40)30(35)33(38)43)28-31(41)37(26-13-7-6-8-14-26)22-11-19-34(28,3)44-35/h6-8,11-20,28-30,40H,4-5,9-10,21-24H2,1-3H3/t28-,29-,30?,34+,35-/m0/s1. The van der Waals surface area contributed by atoms with Gasteiger partial charge in [-0.2, -0.15) is 0 Å². The molecule has 0 aliphatic carbocycles. The predicted molar refractivity (Wildman–Crippen MR) is 177 cm³/mol. The first-order valence-corrected chi connectivity index (χ1v) is 16.6. The Morgan fingerprint density at radius 2 is 1.45 bits per heavy atom. The third kappa shape index (κ3) is 4.85. The van der Waals surface area contributed by atoms with E-state index in [-0.39, 0.29) is 24.3 Å². The number of carbonyl (C=O) groups excluding carboxylic acids is 3. The molecule has 9 heteroatoms. The topological polar surface area (TPSA) is 84.4 Å². The molecule has 1 spiro atoms. The Morgan fingerprint density at radius 3 is 2.11 bits per heavy atom. The van der Waals surface area contributed by atoms with Gasteiger partial charge < -0.3 is 24.7 Å². The number of carbonyl (C=O) groups is 3. The van der Waals surface area contributed by atoms with Crippen LogP contribution in [-0.4, -0.2) is 82.6 Å². The molecule has 44 heavy (non-hydrogen) atoms. The van der Waals surface area contributed by atoms with E-state index < -0.39 is 27.4 Å². The maximum Gasteiger partial charge on any atom is 0.251 e. The quantitative estimate of drug-likeness (QED) is 0.331. The highest BCUT2D eigenvalue weighted by Gasteiger charge is 2.73. The SMILES string of the molecule is CCN(CC)c1ccc(N2CC=C[C@]34S[C@]5(C)C=CCN(c6ccccc6)C(=O)[C@@H]5[C@H]3C(=O)N(CCCCO)C4C2=O)cc1. The summed E-state index contributed by atoms with van der Waals surface area (Å²) in [5.74, 6) is -1.70. The Hall–Kier alpha value is -3.56. The van der Waals surface area contributed by atoms with Gasteiger partial charge >= 0.3 is 0 Å². The van der Waals surface area contributed by atoms with Gasteiger partial charge in [-0.25, -0.2) is 0 Å². The smallest absolute Gasteiger partial charge is 0.251 e. The highest BCUT2D eigenvalue weighted by Crippen LogP contribution is 2.65. The van der Waals surface area contributed by atoms with Gasteiger partial charge in [0.25, 0.3) is 5.91 Å². The van der Waals surface area contributed by atoms with E-state index in [1.807, 2.05) is 73.7 Å². The number of likely N-dealkylation sites (tertiary alicyclic amines) is 1. The Morgan fingerprint density at radius 1 is 0.818 bits per heavy atom. The fourth-order valence-corrected chi connectivity index (χ4v) is 9.82. The van der Waals surface area contributed by atoms with Crippen LogP contribution in [0.4, 0.5) is 17.1 Å². The number of benzene rings is 2. The molecule has 0 bridgehead atoms. The largest absolute Gasteiger partial charge is 0.396 e. The summed E-state index contributed by atoms with van der Waals surface area (Å²) in [6.45, 7) is 9.26. The van der Waals surface area contributed by atoms with Crippen LogP contribution in [0.3, 0.4) is 0 Å². The van der Waals surface area contributed by atoms with E-state index in [4.69, 9.17) is 0 Å². The maximum atomic E-state index is 14.7. The number of aliphatic hydroxyl groups excluding tert-OH is 1. The summed E-state index contributed by atoms with van der Waals surface area (Å²) in [5.41, 5.74) is 2.68. The van der Waals surface area contributed by atoms with Crippen molar-refractivity contribution in [2.24, 2.45) is 11.8 Å². The van der Waals surface area contributed by atoms with Crippen molar-refractivity contribution in [2.45, 2.75) is 49.1 Å². The minimum Gasteiger partial charge on any atom is -0.396 e. The number of unbranched alkanes of at least 4 members (excludes halogenated alkanes) is 1. The van der Waals surface area contributed by atoms with Crippen LogP contribution in [0.5, 0.6) is 0 Å². The monoisotopic (exact) mass is 614 g/mol. The second kappa shape index (κ2) is 12.1. The molecular weight excluding hydrogens is 572 g/mol. The minimum absolute atomic E-state index is 0.0187. The summed E-state index contributed by atoms with van der Waals surface area (Å²) in [5, 5.41) is 9.52. The number of thioether (sulfide) groups is 1. The lowest BCUT2D eigenvalue weighted by Crippen LogP contribution is -2.53. The van der Waals surface area contributed by atoms with Crippen LogP contribution in [0.1, 0.15) is 33.6 Å². The predicted octanol–water partition coefficient (Wildman–Crippen LogP) is 4.50. The van der Waals surface area contributed by atoms with Crippen molar-refractivity contribution in [3.8, 4) is 0 Å². The molecule has 4 aliphatic heterocycles. The van der Waals surface area contributed by atoms with Crippen molar-refractivity contribution in [2.75, 3.05) is 54.0 Å². The molecule has 2 aromatic rings. The van der Waals surface area contributed by atoms with Crippen LogP contribution in [0.15, 0.2) is 78.9 Å². The summed E-state index contributed by atoms with van der Waals surface area (Å²) in [4.78, 5) is 51.3. The Balaban J connectivity index is 1.41. The first-order valence-electron chi connectivity index (χ1n) is 15.8. The van der Waals surface area contributed by atoms with Crippen LogP contribution >= 0.6 is 11.8 Å².